The van der Waals surface area contributed by atoms with Crippen LogP contribution in [0.2, 0.25) is 0 Å². The van der Waals surface area contributed by atoms with Crippen molar-refractivity contribution in [1.29, 1.82) is 0 Å². The molecule has 0 fully saturated rings. The lowest BCUT2D eigenvalue weighted by Gasteiger charge is -2.16. The van der Waals surface area contributed by atoms with Crippen LogP contribution in [0.5, 0.6) is 5.75 Å². The Hall–Kier alpha value is -2.67. The Morgan fingerprint density at radius 3 is 2.62 bits per heavy atom. The van der Waals surface area contributed by atoms with Gasteiger partial charge in [-0.25, -0.2) is 9.03 Å². The molecule has 26 heavy (non-hydrogen) atoms. The number of fused-ring (bicyclic) bond motifs is 1. The normalized spacial score (nSPS) is 17.7. The number of hydrogen-bond donors (Lipinski definition) is 3. The summed E-state index contributed by atoms with van der Waals surface area (Å²) in [6.45, 7) is 2.14. The van der Waals surface area contributed by atoms with Crippen molar-refractivity contribution in [3.63, 3.8) is 0 Å². The molecule has 0 atom stereocenters. The number of rotatable bonds is 3. The zero-order valence-electron chi connectivity index (χ0n) is 14.4. The van der Waals surface area contributed by atoms with Crippen molar-refractivity contribution in [3.8, 4) is 5.75 Å². The van der Waals surface area contributed by atoms with Crippen molar-refractivity contribution in [2.24, 2.45) is 0 Å². The predicted molar refractivity (Wildman–Crippen MR) is 99.4 cm³/mol. The highest BCUT2D eigenvalue weighted by Gasteiger charge is 2.30. The van der Waals surface area contributed by atoms with Crippen molar-refractivity contribution < 1.29 is 18.6 Å². The number of aliphatic hydroxyl groups excluding tert-OH is 1. The summed E-state index contributed by atoms with van der Waals surface area (Å²) in [6, 6.07) is 9.31. The lowest BCUT2D eigenvalue weighted by molar-refractivity contribution is 0.392. The summed E-state index contributed by atoms with van der Waals surface area (Å²) in [5.41, 5.74) is 6.35. The van der Waals surface area contributed by atoms with E-state index in [-0.39, 0.29) is 11.4 Å². The predicted octanol–water partition coefficient (Wildman–Crippen LogP) is 2.79. The molecular weight excluding hydrogens is 352 g/mol. The molecule has 0 bridgehead atoms. The van der Waals surface area contributed by atoms with E-state index in [2.05, 4.69) is 19.1 Å². The van der Waals surface area contributed by atoms with Gasteiger partial charge in [-0.2, -0.15) is 8.42 Å². The van der Waals surface area contributed by atoms with Gasteiger partial charge in [-0.15, -0.1) is 0 Å². The molecule has 2 aromatic carbocycles. The average molecular weight is 372 g/mol. The third-order valence-corrected chi connectivity index (χ3v) is 6.20. The van der Waals surface area contributed by atoms with Gasteiger partial charge < -0.3 is 10.2 Å². The van der Waals surface area contributed by atoms with Gasteiger partial charge >= 0.3 is 10.2 Å². The van der Waals surface area contributed by atoms with Gasteiger partial charge in [0.2, 0.25) is 5.88 Å². The van der Waals surface area contributed by atoms with Crippen LogP contribution in [-0.2, 0) is 29.5 Å². The van der Waals surface area contributed by atoms with Gasteiger partial charge in [-0.1, -0.05) is 18.2 Å². The van der Waals surface area contributed by atoms with Gasteiger partial charge in [0.25, 0.3) is 0 Å². The second kappa shape index (κ2) is 5.95. The molecule has 0 amide bonds. The quantitative estimate of drug-likeness (QED) is 0.773. The fourth-order valence-corrected chi connectivity index (χ4v) is 4.86. The number of phenols is 1. The number of nitrogens with zero attached hydrogens (tertiary/aromatic N) is 1. The molecule has 7 heteroatoms. The lowest BCUT2D eigenvalue weighted by Crippen LogP contribution is -2.29. The highest BCUT2D eigenvalue weighted by molar-refractivity contribution is 7.91. The van der Waals surface area contributed by atoms with Crippen LogP contribution in [-0.4, -0.2) is 18.6 Å². The second-order valence-corrected chi connectivity index (χ2v) is 8.37. The maximum atomic E-state index is 11.9. The van der Waals surface area contributed by atoms with E-state index >= 15 is 0 Å². The number of aryl methyl sites for hydroxylation is 2. The summed E-state index contributed by atoms with van der Waals surface area (Å²) in [4.78, 5) is 0. The molecule has 1 heterocycles. The maximum Gasteiger partial charge on any atom is 0.330 e. The van der Waals surface area contributed by atoms with E-state index in [4.69, 9.17) is 0 Å². The van der Waals surface area contributed by atoms with Crippen LogP contribution < -0.4 is 9.03 Å². The first-order valence-electron chi connectivity index (χ1n) is 8.49. The zero-order chi connectivity index (χ0) is 18.5. The minimum atomic E-state index is -3.92. The monoisotopic (exact) mass is 372 g/mol. The van der Waals surface area contributed by atoms with Gasteiger partial charge in [0, 0.05) is 0 Å². The minimum Gasteiger partial charge on any atom is -0.506 e. The van der Waals surface area contributed by atoms with Crippen molar-refractivity contribution >= 4 is 15.9 Å². The number of aromatic hydroxyl groups is 1. The molecule has 3 N–H and O–H groups in total. The molecule has 4 rings (SSSR count). The molecule has 136 valence electrons. The largest absolute Gasteiger partial charge is 0.506 e. The summed E-state index contributed by atoms with van der Waals surface area (Å²) in [5, 5.41) is 19.7. The van der Waals surface area contributed by atoms with Gasteiger partial charge in [0.1, 0.15) is 11.4 Å². The number of hydrogen-bond acceptors (Lipinski definition) is 4. The number of phenolic OH excluding ortho intramolecular Hbond substituents is 1. The second-order valence-electron chi connectivity index (χ2n) is 6.82. The molecule has 1 aliphatic carbocycles. The maximum absolute atomic E-state index is 11.9. The highest BCUT2D eigenvalue weighted by atomic mass is 32.2. The summed E-state index contributed by atoms with van der Waals surface area (Å²) < 4.78 is 26.7. The van der Waals surface area contributed by atoms with E-state index in [1.807, 2.05) is 4.72 Å². The Morgan fingerprint density at radius 2 is 1.92 bits per heavy atom. The Bertz CT molecular complexity index is 1030. The molecule has 2 aliphatic rings. The Balaban J connectivity index is 1.62. The summed E-state index contributed by atoms with van der Waals surface area (Å²) in [6.07, 6.45) is 5.15. The Kier molecular flexibility index (Phi) is 3.84. The van der Waals surface area contributed by atoms with Gasteiger partial charge in [-0.3, -0.25) is 0 Å². The smallest absolute Gasteiger partial charge is 0.330 e. The van der Waals surface area contributed by atoms with Crippen LogP contribution in [0.1, 0.15) is 34.2 Å². The summed E-state index contributed by atoms with van der Waals surface area (Å²) in [5.74, 6) is -0.640. The van der Waals surface area contributed by atoms with Crippen molar-refractivity contribution in [2.75, 3.05) is 4.31 Å². The van der Waals surface area contributed by atoms with E-state index in [0.29, 0.717) is 6.42 Å². The fraction of sp³-hybridized carbons (Fsp3) is 0.263. The van der Waals surface area contributed by atoms with Crippen LogP contribution in [0, 0.1) is 6.92 Å². The van der Waals surface area contributed by atoms with Gasteiger partial charge in [-0.05, 0) is 72.6 Å². The lowest BCUT2D eigenvalue weighted by atomic mass is 9.96. The topological polar surface area (TPSA) is 89.9 Å². The first-order valence-corrected chi connectivity index (χ1v) is 9.93. The first kappa shape index (κ1) is 16.8. The molecule has 0 saturated heterocycles. The molecule has 0 spiro atoms. The highest BCUT2D eigenvalue weighted by Crippen LogP contribution is 2.33. The average Bonchev–Trinajstić information content (AvgIpc) is 3.11. The molecule has 1 aliphatic heterocycles. The van der Waals surface area contributed by atoms with Crippen molar-refractivity contribution in [2.45, 2.75) is 32.6 Å². The summed E-state index contributed by atoms with van der Waals surface area (Å²) >= 11 is 0. The minimum absolute atomic E-state index is 0.0930. The molecule has 0 unspecified atom stereocenters. The Morgan fingerprint density at radius 1 is 1.12 bits per heavy atom. The van der Waals surface area contributed by atoms with Crippen LogP contribution >= 0.6 is 0 Å². The number of nitrogens with one attached hydrogen (secondary N) is 1. The third kappa shape index (κ3) is 2.88. The zero-order valence-corrected chi connectivity index (χ0v) is 15.2. The van der Waals surface area contributed by atoms with Crippen LogP contribution in [0.3, 0.4) is 0 Å². The van der Waals surface area contributed by atoms with E-state index < -0.39 is 16.1 Å². The van der Waals surface area contributed by atoms with E-state index in [9.17, 15) is 18.6 Å². The molecular formula is C19H20N2O4S. The number of aliphatic hydroxyl groups is 1. The third-order valence-electron chi connectivity index (χ3n) is 4.92. The SMILES string of the molecule is Cc1cc(Cc2ccc(N3C=C(O)NS3(=O)=O)c(O)c2)cc2c1CCC2. The fourth-order valence-electron chi connectivity index (χ4n) is 3.80. The van der Waals surface area contributed by atoms with Crippen LogP contribution in [0.15, 0.2) is 42.4 Å². The molecule has 6 nitrogen and oxygen atoms in total. The van der Waals surface area contributed by atoms with E-state index in [0.717, 1.165) is 28.9 Å². The summed E-state index contributed by atoms with van der Waals surface area (Å²) in [7, 11) is -3.92. The number of benzene rings is 2. The Labute approximate surface area is 152 Å². The molecule has 0 saturated carbocycles. The van der Waals surface area contributed by atoms with Gasteiger partial charge in [0.05, 0.1) is 6.20 Å². The van der Waals surface area contributed by atoms with Crippen molar-refractivity contribution in [3.05, 3.63) is 70.2 Å². The van der Waals surface area contributed by atoms with Crippen LogP contribution in [0.25, 0.3) is 0 Å². The number of anilines is 1. The molecule has 0 aromatic heterocycles. The van der Waals surface area contributed by atoms with Gasteiger partial charge in [0.15, 0.2) is 0 Å². The molecule has 0 radical (unpaired) electrons. The van der Waals surface area contributed by atoms with Crippen molar-refractivity contribution in [1.82, 2.24) is 4.72 Å². The molecule has 2 aromatic rings. The van der Waals surface area contributed by atoms with E-state index in [1.54, 1.807) is 18.2 Å². The van der Waals surface area contributed by atoms with E-state index in [1.165, 1.54) is 28.7 Å². The van der Waals surface area contributed by atoms with Crippen LogP contribution in [0.4, 0.5) is 5.69 Å². The standard InChI is InChI=1S/C19H20N2O4S/c1-12-7-14(9-15-3-2-4-16(12)15)8-13-5-6-17(18(22)10-13)21-11-19(23)20-26(21,24)25/h5-7,9-11,20,22-23H,2-4,8H2,1H3. The first-order chi connectivity index (χ1) is 12.3.